The number of unbranched alkanes of at least 4 members (excludes halogenated alkanes) is 1. The van der Waals surface area contributed by atoms with Gasteiger partial charge in [0.1, 0.15) is 12.1 Å². The van der Waals surface area contributed by atoms with Crippen molar-refractivity contribution < 1.29 is 17.9 Å². The quantitative estimate of drug-likeness (QED) is 0.776. The van der Waals surface area contributed by atoms with Gasteiger partial charge in [0, 0.05) is 19.0 Å². The SMILES string of the molecule is CC(C)Oc1cc(NCCCCC(F)(F)F)ncn1. The highest BCUT2D eigenvalue weighted by atomic mass is 19.4. The van der Waals surface area contributed by atoms with Gasteiger partial charge >= 0.3 is 6.18 Å². The molecule has 0 bridgehead atoms. The summed E-state index contributed by atoms with van der Waals surface area (Å²) in [5, 5.41) is 2.95. The summed E-state index contributed by atoms with van der Waals surface area (Å²) < 4.78 is 41.2. The highest BCUT2D eigenvalue weighted by Gasteiger charge is 2.25. The fourth-order valence-electron chi connectivity index (χ4n) is 1.41. The Bertz CT molecular complexity index is 383. The van der Waals surface area contributed by atoms with Crippen LogP contribution in [0.1, 0.15) is 33.1 Å². The van der Waals surface area contributed by atoms with E-state index < -0.39 is 12.6 Å². The molecule has 1 heterocycles. The van der Waals surface area contributed by atoms with E-state index in [1.54, 1.807) is 6.07 Å². The predicted octanol–water partition coefficient (Wildman–Crippen LogP) is 3.41. The first-order valence-corrected chi connectivity index (χ1v) is 6.16. The van der Waals surface area contributed by atoms with E-state index in [9.17, 15) is 13.2 Å². The van der Waals surface area contributed by atoms with Crippen molar-refractivity contribution in [2.45, 2.75) is 45.4 Å². The molecule has 7 heteroatoms. The minimum Gasteiger partial charge on any atom is -0.475 e. The third-order valence-corrected chi connectivity index (χ3v) is 2.19. The summed E-state index contributed by atoms with van der Waals surface area (Å²) in [7, 11) is 0. The Kier molecular flexibility index (Phi) is 5.85. The number of rotatable bonds is 7. The molecular formula is C12H18F3N3O. The lowest BCUT2D eigenvalue weighted by Crippen LogP contribution is -2.10. The number of nitrogens with zero attached hydrogens (tertiary/aromatic N) is 2. The zero-order valence-corrected chi connectivity index (χ0v) is 11.0. The molecular weight excluding hydrogens is 259 g/mol. The molecule has 0 aromatic carbocycles. The van der Waals surface area contributed by atoms with Crippen LogP contribution in [0.2, 0.25) is 0 Å². The molecule has 0 aliphatic carbocycles. The minimum absolute atomic E-state index is 0.00883. The maximum atomic E-state index is 11.9. The van der Waals surface area contributed by atoms with Gasteiger partial charge in [0.25, 0.3) is 0 Å². The average Bonchev–Trinajstić information content (AvgIpc) is 2.26. The first kappa shape index (κ1) is 15.5. The van der Waals surface area contributed by atoms with Crippen molar-refractivity contribution >= 4 is 5.82 Å². The number of hydrogen-bond acceptors (Lipinski definition) is 4. The maximum Gasteiger partial charge on any atom is 0.389 e. The molecule has 4 nitrogen and oxygen atoms in total. The topological polar surface area (TPSA) is 47.0 Å². The molecule has 0 amide bonds. The monoisotopic (exact) mass is 277 g/mol. The molecule has 0 fully saturated rings. The van der Waals surface area contributed by atoms with Crippen molar-refractivity contribution in [3.8, 4) is 5.88 Å². The standard InChI is InChI=1S/C12H18F3N3O/c1-9(2)19-11-7-10(17-8-18-11)16-6-4-3-5-12(13,14)15/h7-9H,3-6H2,1-2H3,(H,16,17,18). The van der Waals surface area contributed by atoms with Gasteiger partial charge in [0.05, 0.1) is 6.10 Å². The second kappa shape index (κ2) is 7.16. The van der Waals surface area contributed by atoms with E-state index in [4.69, 9.17) is 4.74 Å². The van der Waals surface area contributed by atoms with Crippen LogP contribution in [-0.2, 0) is 0 Å². The Hall–Kier alpha value is -1.53. The zero-order chi connectivity index (χ0) is 14.3. The first-order chi connectivity index (χ1) is 8.87. The van der Waals surface area contributed by atoms with E-state index in [0.717, 1.165) is 0 Å². The first-order valence-electron chi connectivity index (χ1n) is 6.16. The summed E-state index contributed by atoms with van der Waals surface area (Å²) in [6.45, 7) is 4.20. The molecule has 1 aromatic rings. The number of halogens is 3. The van der Waals surface area contributed by atoms with Gasteiger partial charge in [-0.25, -0.2) is 9.97 Å². The predicted molar refractivity (Wildman–Crippen MR) is 66.2 cm³/mol. The lowest BCUT2D eigenvalue weighted by molar-refractivity contribution is -0.135. The number of aromatic nitrogens is 2. The van der Waals surface area contributed by atoms with E-state index in [1.165, 1.54) is 6.33 Å². The van der Waals surface area contributed by atoms with E-state index in [0.29, 0.717) is 24.7 Å². The summed E-state index contributed by atoms with van der Waals surface area (Å²) in [6.07, 6.45) is -2.92. The van der Waals surface area contributed by atoms with Gasteiger partial charge in [0.15, 0.2) is 0 Å². The van der Waals surface area contributed by atoms with E-state index in [1.807, 2.05) is 13.8 Å². The summed E-state index contributed by atoms with van der Waals surface area (Å²) >= 11 is 0. The average molecular weight is 277 g/mol. The smallest absolute Gasteiger partial charge is 0.389 e. The molecule has 108 valence electrons. The van der Waals surface area contributed by atoms with Crippen LogP contribution in [-0.4, -0.2) is 28.8 Å². The maximum absolute atomic E-state index is 11.9. The van der Waals surface area contributed by atoms with Gasteiger partial charge in [-0.15, -0.1) is 0 Å². The summed E-state index contributed by atoms with van der Waals surface area (Å²) in [5.74, 6) is 1.00. The molecule has 0 unspecified atom stereocenters. The van der Waals surface area contributed by atoms with Crippen molar-refractivity contribution in [3.63, 3.8) is 0 Å². The molecule has 0 saturated heterocycles. The van der Waals surface area contributed by atoms with Crippen molar-refractivity contribution in [3.05, 3.63) is 12.4 Å². The molecule has 1 N–H and O–H groups in total. The normalized spacial score (nSPS) is 11.7. The van der Waals surface area contributed by atoms with E-state index in [-0.39, 0.29) is 12.5 Å². The Balaban J connectivity index is 2.29. The highest BCUT2D eigenvalue weighted by molar-refractivity contribution is 5.36. The Morgan fingerprint density at radius 3 is 2.63 bits per heavy atom. The minimum atomic E-state index is -4.08. The Morgan fingerprint density at radius 1 is 1.26 bits per heavy atom. The second-order valence-corrected chi connectivity index (χ2v) is 4.41. The largest absolute Gasteiger partial charge is 0.475 e. The van der Waals surface area contributed by atoms with Crippen molar-refractivity contribution in [1.82, 2.24) is 9.97 Å². The molecule has 1 aromatic heterocycles. The van der Waals surface area contributed by atoms with E-state index >= 15 is 0 Å². The summed E-state index contributed by atoms with van der Waals surface area (Å²) in [4.78, 5) is 7.90. The summed E-state index contributed by atoms with van der Waals surface area (Å²) in [6, 6.07) is 1.63. The molecule has 0 spiro atoms. The van der Waals surface area contributed by atoms with Crippen molar-refractivity contribution in [2.24, 2.45) is 0 Å². The second-order valence-electron chi connectivity index (χ2n) is 4.41. The van der Waals surface area contributed by atoms with Gasteiger partial charge in [-0.05, 0) is 26.7 Å². The van der Waals surface area contributed by atoms with Crippen LogP contribution in [0.15, 0.2) is 12.4 Å². The van der Waals surface area contributed by atoms with Gasteiger partial charge in [-0.1, -0.05) is 0 Å². The molecule has 0 aliphatic rings. The van der Waals surface area contributed by atoms with Gasteiger partial charge in [-0.2, -0.15) is 13.2 Å². The number of alkyl halides is 3. The van der Waals surface area contributed by atoms with Crippen LogP contribution in [0.3, 0.4) is 0 Å². The number of hydrogen-bond donors (Lipinski definition) is 1. The van der Waals surface area contributed by atoms with Crippen LogP contribution in [0.5, 0.6) is 5.88 Å². The fraction of sp³-hybridized carbons (Fsp3) is 0.667. The van der Waals surface area contributed by atoms with Gasteiger partial charge in [0.2, 0.25) is 5.88 Å². The lowest BCUT2D eigenvalue weighted by atomic mass is 10.2. The third-order valence-electron chi connectivity index (χ3n) is 2.19. The van der Waals surface area contributed by atoms with Gasteiger partial charge in [-0.3, -0.25) is 0 Å². The lowest BCUT2D eigenvalue weighted by Gasteiger charge is -2.10. The zero-order valence-electron chi connectivity index (χ0n) is 11.0. The number of ether oxygens (including phenoxy) is 1. The van der Waals surface area contributed by atoms with E-state index in [2.05, 4.69) is 15.3 Å². The van der Waals surface area contributed by atoms with Gasteiger partial charge < -0.3 is 10.1 Å². The number of anilines is 1. The molecule has 0 radical (unpaired) electrons. The van der Waals surface area contributed by atoms with Crippen LogP contribution in [0, 0.1) is 0 Å². The van der Waals surface area contributed by atoms with Crippen LogP contribution in [0.4, 0.5) is 19.0 Å². The van der Waals surface area contributed by atoms with Crippen molar-refractivity contribution in [2.75, 3.05) is 11.9 Å². The third kappa shape index (κ3) is 7.48. The molecule has 0 aliphatic heterocycles. The Morgan fingerprint density at radius 2 is 2.00 bits per heavy atom. The highest BCUT2D eigenvalue weighted by Crippen LogP contribution is 2.22. The molecule has 0 atom stereocenters. The fourth-order valence-corrected chi connectivity index (χ4v) is 1.41. The van der Waals surface area contributed by atoms with Crippen LogP contribution in [0.25, 0.3) is 0 Å². The Labute approximate surface area is 110 Å². The molecule has 19 heavy (non-hydrogen) atoms. The summed E-state index contributed by atoms with van der Waals surface area (Å²) in [5.41, 5.74) is 0. The molecule has 1 rings (SSSR count). The molecule has 0 saturated carbocycles. The van der Waals surface area contributed by atoms with Crippen LogP contribution >= 0.6 is 0 Å². The number of nitrogens with one attached hydrogen (secondary N) is 1. The van der Waals surface area contributed by atoms with Crippen molar-refractivity contribution in [1.29, 1.82) is 0 Å². The van der Waals surface area contributed by atoms with Crippen LogP contribution < -0.4 is 10.1 Å².